The maximum atomic E-state index is 12.5. The van der Waals surface area contributed by atoms with Crippen LogP contribution in [-0.4, -0.2) is 25.5 Å². The monoisotopic (exact) mass is 376 g/mol. The molecule has 3 rings (SSSR count). The Morgan fingerprint density at radius 3 is 2.54 bits per heavy atom. The number of benzene rings is 3. The highest BCUT2D eigenvalue weighted by atomic mass is 16.5. The summed E-state index contributed by atoms with van der Waals surface area (Å²) in [5, 5.41) is 5.11. The lowest BCUT2D eigenvalue weighted by Gasteiger charge is -2.14. The third-order valence-electron chi connectivity index (χ3n) is 4.89. The quantitative estimate of drug-likeness (QED) is 0.663. The molecule has 0 bridgehead atoms. The Balaban J connectivity index is 1.62. The van der Waals surface area contributed by atoms with Crippen LogP contribution in [0.5, 0.6) is 5.75 Å². The molecule has 0 heterocycles. The number of nitrogens with two attached hydrogens (primary N) is 1. The molecule has 144 valence electrons. The SMILES string of the molecule is COc1ccc2cc([C@H](C)C(=O)NCCc3cccc(C(N)=O)c3)ccc2c1. The van der Waals surface area contributed by atoms with E-state index in [-0.39, 0.29) is 11.8 Å². The van der Waals surface area contributed by atoms with Crippen molar-refractivity contribution < 1.29 is 14.3 Å². The van der Waals surface area contributed by atoms with Gasteiger partial charge in [0.05, 0.1) is 13.0 Å². The lowest BCUT2D eigenvalue weighted by molar-refractivity contribution is -0.122. The summed E-state index contributed by atoms with van der Waals surface area (Å²) in [4.78, 5) is 23.8. The average Bonchev–Trinajstić information content (AvgIpc) is 2.72. The Kier molecular flexibility index (Phi) is 5.94. The van der Waals surface area contributed by atoms with E-state index in [1.165, 1.54) is 0 Å². The van der Waals surface area contributed by atoms with Gasteiger partial charge in [-0.2, -0.15) is 0 Å². The summed E-state index contributed by atoms with van der Waals surface area (Å²) in [5.41, 5.74) is 7.71. The van der Waals surface area contributed by atoms with Crippen molar-refractivity contribution in [3.63, 3.8) is 0 Å². The van der Waals surface area contributed by atoms with E-state index in [0.29, 0.717) is 18.5 Å². The van der Waals surface area contributed by atoms with Crippen LogP contribution in [0.1, 0.15) is 34.3 Å². The van der Waals surface area contributed by atoms with Gasteiger partial charge in [-0.1, -0.05) is 36.4 Å². The predicted molar refractivity (Wildman–Crippen MR) is 111 cm³/mol. The van der Waals surface area contributed by atoms with Crippen molar-refractivity contribution in [2.45, 2.75) is 19.3 Å². The molecular weight excluding hydrogens is 352 g/mol. The van der Waals surface area contributed by atoms with Gasteiger partial charge in [0.15, 0.2) is 0 Å². The van der Waals surface area contributed by atoms with E-state index < -0.39 is 5.91 Å². The second kappa shape index (κ2) is 8.57. The Labute approximate surface area is 164 Å². The number of carbonyl (C=O) groups is 2. The van der Waals surface area contributed by atoms with Crippen LogP contribution in [0.25, 0.3) is 10.8 Å². The molecule has 3 aromatic rings. The van der Waals surface area contributed by atoms with Gasteiger partial charge in [-0.3, -0.25) is 9.59 Å². The first-order chi connectivity index (χ1) is 13.5. The van der Waals surface area contributed by atoms with E-state index >= 15 is 0 Å². The minimum absolute atomic E-state index is 0.0288. The summed E-state index contributed by atoms with van der Waals surface area (Å²) in [5.74, 6) is 0.0715. The van der Waals surface area contributed by atoms with Gasteiger partial charge in [-0.05, 0) is 59.5 Å². The molecule has 0 aliphatic carbocycles. The molecule has 0 fully saturated rings. The van der Waals surface area contributed by atoms with Crippen molar-refractivity contribution >= 4 is 22.6 Å². The van der Waals surface area contributed by atoms with Gasteiger partial charge < -0.3 is 15.8 Å². The molecule has 1 atom stereocenters. The number of rotatable bonds is 7. The topological polar surface area (TPSA) is 81.4 Å². The van der Waals surface area contributed by atoms with Crippen LogP contribution in [0.3, 0.4) is 0 Å². The first-order valence-electron chi connectivity index (χ1n) is 9.22. The minimum atomic E-state index is -0.451. The predicted octanol–water partition coefficient (Wildman–Crippen LogP) is 3.41. The van der Waals surface area contributed by atoms with E-state index in [1.807, 2.05) is 49.4 Å². The molecule has 0 saturated carbocycles. The highest BCUT2D eigenvalue weighted by Gasteiger charge is 2.15. The summed E-state index contributed by atoms with van der Waals surface area (Å²) in [6.45, 7) is 2.39. The standard InChI is InChI=1S/C23H24N2O3/c1-15(17-6-7-19-14-21(28-2)9-8-18(19)13-17)23(27)25-11-10-16-4-3-5-20(12-16)22(24)26/h3-9,12-15H,10-11H2,1-2H3,(H2,24,26)(H,25,27)/t15-/m0/s1. The molecule has 0 radical (unpaired) electrons. The van der Waals surface area contributed by atoms with Gasteiger partial charge in [0, 0.05) is 12.1 Å². The molecule has 0 aromatic heterocycles. The molecule has 0 saturated heterocycles. The zero-order valence-electron chi connectivity index (χ0n) is 16.1. The molecule has 28 heavy (non-hydrogen) atoms. The average molecular weight is 376 g/mol. The molecule has 5 nitrogen and oxygen atoms in total. The largest absolute Gasteiger partial charge is 0.497 e. The number of hydrogen-bond donors (Lipinski definition) is 2. The van der Waals surface area contributed by atoms with Crippen LogP contribution in [0.15, 0.2) is 60.7 Å². The fourth-order valence-corrected chi connectivity index (χ4v) is 3.15. The van der Waals surface area contributed by atoms with Crippen LogP contribution < -0.4 is 15.8 Å². The number of primary amides is 1. The number of ether oxygens (including phenoxy) is 1. The second-order valence-corrected chi connectivity index (χ2v) is 6.80. The van der Waals surface area contributed by atoms with Gasteiger partial charge in [-0.25, -0.2) is 0 Å². The van der Waals surface area contributed by atoms with Crippen molar-refractivity contribution in [2.24, 2.45) is 5.73 Å². The molecule has 0 aliphatic heterocycles. The third-order valence-corrected chi connectivity index (χ3v) is 4.89. The van der Waals surface area contributed by atoms with Crippen LogP contribution in [-0.2, 0) is 11.2 Å². The Morgan fingerprint density at radius 1 is 1.04 bits per heavy atom. The normalized spacial score (nSPS) is 11.8. The van der Waals surface area contributed by atoms with Gasteiger partial charge >= 0.3 is 0 Å². The van der Waals surface area contributed by atoms with Crippen molar-refractivity contribution in [3.05, 3.63) is 77.4 Å². The molecule has 5 heteroatoms. The van der Waals surface area contributed by atoms with Gasteiger partial charge in [0.2, 0.25) is 11.8 Å². The number of hydrogen-bond acceptors (Lipinski definition) is 3. The molecule has 3 N–H and O–H groups in total. The van der Waals surface area contributed by atoms with E-state index in [2.05, 4.69) is 5.32 Å². The number of methoxy groups -OCH3 is 1. The molecule has 0 aliphatic rings. The van der Waals surface area contributed by atoms with Crippen LogP contribution in [0.4, 0.5) is 0 Å². The third kappa shape index (κ3) is 4.49. The van der Waals surface area contributed by atoms with E-state index in [1.54, 1.807) is 25.3 Å². The number of fused-ring (bicyclic) bond motifs is 1. The number of carbonyl (C=O) groups excluding carboxylic acids is 2. The van der Waals surface area contributed by atoms with Crippen LogP contribution in [0, 0.1) is 0 Å². The fraction of sp³-hybridized carbons (Fsp3) is 0.217. The molecule has 0 unspecified atom stereocenters. The van der Waals surface area contributed by atoms with E-state index in [4.69, 9.17) is 10.5 Å². The maximum Gasteiger partial charge on any atom is 0.248 e. The van der Waals surface area contributed by atoms with E-state index in [0.717, 1.165) is 27.6 Å². The van der Waals surface area contributed by atoms with Crippen molar-refractivity contribution in [3.8, 4) is 5.75 Å². The summed E-state index contributed by atoms with van der Waals surface area (Å²) >= 11 is 0. The molecule has 2 amide bonds. The van der Waals surface area contributed by atoms with Gasteiger partial charge in [-0.15, -0.1) is 0 Å². The Morgan fingerprint density at radius 2 is 1.79 bits per heavy atom. The van der Waals surface area contributed by atoms with Crippen molar-refractivity contribution in [1.29, 1.82) is 0 Å². The molecule has 3 aromatic carbocycles. The lowest BCUT2D eigenvalue weighted by Crippen LogP contribution is -2.29. The Hall–Kier alpha value is -3.34. The summed E-state index contributed by atoms with van der Waals surface area (Å²) in [6.07, 6.45) is 0.636. The fourth-order valence-electron chi connectivity index (χ4n) is 3.15. The van der Waals surface area contributed by atoms with Crippen molar-refractivity contribution in [1.82, 2.24) is 5.32 Å². The summed E-state index contributed by atoms with van der Waals surface area (Å²) < 4.78 is 5.25. The first-order valence-corrected chi connectivity index (χ1v) is 9.22. The summed E-state index contributed by atoms with van der Waals surface area (Å²) in [7, 11) is 1.64. The summed E-state index contributed by atoms with van der Waals surface area (Å²) in [6, 6.07) is 19.1. The second-order valence-electron chi connectivity index (χ2n) is 6.80. The Bertz CT molecular complexity index is 1010. The number of nitrogens with one attached hydrogen (secondary N) is 1. The number of amides is 2. The minimum Gasteiger partial charge on any atom is -0.497 e. The van der Waals surface area contributed by atoms with E-state index in [9.17, 15) is 9.59 Å². The molecular formula is C23H24N2O3. The van der Waals surface area contributed by atoms with Gasteiger partial charge in [0.25, 0.3) is 0 Å². The van der Waals surface area contributed by atoms with Crippen LogP contribution >= 0.6 is 0 Å². The smallest absolute Gasteiger partial charge is 0.248 e. The van der Waals surface area contributed by atoms with Crippen molar-refractivity contribution in [2.75, 3.05) is 13.7 Å². The zero-order chi connectivity index (χ0) is 20.1. The van der Waals surface area contributed by atoms with Crippen LogP contribution in [0.2, 0.25) is 0 Å². The highest BCUT2D eigenvalue weighted by molar-refractivity contribution is 5.93. The highest BCUT2D eigenvalue weighted by Crippen LogP contribution is 2.25. The first kappa shape index (κ1) is 19.4. The lowest BCUT2D eigenvalue weighted by atomic mass is 9.97. The molecule has 0 spiro atoms. The zero-order valence-corrected chi connectivity index (χ0v) is 16.1. The van der Waals surface area contributed by atoms with Gasteiger partial charge in [0.1, 0.15) is 5.75 Å². The maximum absolute atomic E-state index is 12.5.